The Bertz CT molecular complexity index is 527. The Hall–Kier alpha value is -2.07. The van der Waals surface area contributed by atoms with Crippen LogP contribution in [0.5, 0.6) is 17.4 Å². The predicted octanol–water partition coefficient (Wildman–Crippen LogP) is 2.90. The molecule has 0 saturated heterocycles. The van der Waals surface area contributed by atoms with E-state index in [4.69, 9.17) is 15.2 Å². The fraction of sp³-hybridized carbons (Fsp3) is 0.214. The van der Waals surface area contributed by atoms with Gasteiger partial charge in [-0.05, 0) is 25.1 Å². The lowest BCUT2D eigenvalue weighted by atomic mass is 10.1. The van der Waals surface area contributed by atoms with Crippen LogP contribution in [0.3, 0.4) is 0 Å². The summed E-state index contributed by atoms with van der Waals surface area (Å²) in [4.78, 5) is 4.21. The Morgan fingerprint density at radius 2 is 1.94 bits per heavy atom. The summed E-state index contributed by atoms with van der Waals surface area (Å²) < 4.78 is 10.9. The highest BCUT2D eigenvalue weighted by atomic mass is 16.5. The third kappa shape index (κ3) is 2.78. The summed E-state index contributed by atoms with van der Waals surface area (Å²) in [6.45, 7) is 1.90. The number of methoxy groups -OCH3 is 1. The van der Waals surface area contributed by atoms with Crippen LogP contribution in [0.1, 0.15) is 18.5 Å². The standard InChI is InChI=1S/C14H16N2O2/c1-10(15)13-7-4-8-16-14(13)18-12-6-3-5-11(9-12)17-2/h3-10H,15H2,1-2H3/t10-/m1/s1. The molecule has 2 rings (SSSR count). The van der Waals surface area contributed by atoms with E-state index in [0.717, 1.165) is 11.3 Å². The molecule has 0 aliphatic carbocycles. The van der Waals surface area contributed by atoms with Gasteiger partial charge in [0, 0.05) is 23.9 Å². The number of hydrogen-bond donors (Lipinski definition) is 1. The molecular formula is C14H16N2O2. The van der Waals surface area contributed by atoms with Crippen LogP contribution in [-0.4, -0.2) is 12.1 Å². The van der Waals surface area contributed by atoms with E-state index >= 15 is 0 Å². The first-order chi connectivity index (χ1) is 8.70. The van der Waals surface area contributed by atoms with Gasteiger partial charge in [0.1, 0.15) is 11.5 Å². The molecule has 94 valence electrons. The molecular weight excluding hydrogens is 228 g/mol. The average molecular weight is 244 g/mol. The molecule has 0 bridgehead atoms. The number of pyridine rings is 1. The van der Waals surface area contributed by atoms with Crippen molar-refractivity contribution < 1.29 is 9.47 Å². The number of nitrogens with zero attached hydrogens (tertiary/aromatic N) is 1. The Morgan fingerprint density at radius 1 is 1.17 bits per heavy atom. The first kappa shape index (κ1) is 12.4. The molecule has 4 heteroatoms. The number of hydrogen-bond acceptors (Lipinski definition) is 4. The number of rotatable bonds is 4. The fourth-order valence-electron chi connectivity index (χ4n) is 1.61. The van der Waals surface area contributed by atoms with Crippen LogP contribution in [-0.2, 0) is 0 Å². The maximum Gasteiger partial charge on any atom is 0.223 e. The van der Waals surface area contributed by atoms with E-state index in [1.54, 1.807) is 19.4 Å². The minimum absolute atomic E-state index is 0.126. The summed E-state index contributed by atoms with van der Waals surface area (Å²) in [5, 5.41) is 0. The van der Waals surface area contributed by atoms with Gasteiger partial charge < -0.3 is 15.2 Å². The van der Waals surface area contributed by atoms with Crippen molar-refractivity contribution in [3.8, 4) is 17.4 Å². The van der Waals surface area contributed by atoms with Crippen LogP contribution in [0.4, 0.5) is 0 Å². The van der Waals surface area contributed by atoms with Gasteiger partial charge in [0.15, 0.2) is 0 Å². The van der Waals surface area contributed by atoms with Crippen LogP contribution >= 0.6 is 0 Å². The highest BCUT2D eigenvalue weighted by molar-refractivity contribution is 5.37. The van der Waals surface area contributed by atoms with Gasteiger partial charge in [-0.2, -0.15) is 0 Å². The van der Waals surface area contributed by atoms with E-state index in [9.17, 15) is 0 Å². The highest BCUT2D eigenvalue weighted by Gasteiger charge is 2.09. The van der Waals surface area contributed by atoms with Crippen molar-refractivity contribution in [2.45, 2.75) is 13.0 Å². The molecule has 0 radical (unpaired) electrons. The Labute approximate surface area is 106 Å². The number of aromatic nitrogens is 1. The summed E-state index contributed by atoms with van der Waals surface area (Å²) in [7, 11) is 1.62. The van der Waals surface area contributed by atoms with Crippen LogP contribution in [0.25, 0.3) is 0 Å². The zero-order chi connectivity index (χ0) is 13.0. The fourth-order valence-corrected chi connectivity index (χ4v) is 1.61. The van der Waals surface area contributed by atoms with Crippen molar-refractivity contribution in [1.29, 1.82) is 0 Å². The molecule has 0 aliphatic heterocycles. The molecule has 0 unspecified atom stereocenters. The molecule has 0 aliphatic rings. The lowest BCUT2D eigenvalue weighted by Crippen LogP contribution is -2.07. The molecule has 18 heavy (non-hydrogen) atoms. The quantitative estimate of drug-likeness (QED) is 0.898. The minimum atomic E-state index is -0.126. The van der Waals surface area contributed by atoms with E-state index in [1.165, 1.54) is 0 Å². The maximum absolute atomic E-state index is 5.88. The second-order valence-corrected chi connectivity index (χ2v) is 3.97. The zero-order valence-corrected chi connectivity index (χ0v) is 10.5. The molecule has 4 nitrogen and oxygen atoms in total. The first-order valence-corrected chi connectivity index (χ1v) is 5.73. The predicted molar refractivity (Wildman–Crippen MR) is 69.9 cm³/mol. The van der Waals surface area contributed by atoms with Crippen molar-refractivity contribution in [3.63, 3.8) is 0 Å². The lowest BCUT2D eigenvalue weighted by Gasteiger charge is -2.12. The Morgan fingerprint density at radius 3 is 2.67 bits per heavy atom. The van der Waals surface area contributed by atoms with Crippen molar-refractivity contribution in [2.24, 2.45) is 5.73 Å². The van der Waals surface area contributed by atoms with Crippen molar-refractivity contribution in [3.05, 3.63) is 48.2 Å². The molecule has 2 aromatic rings. The maximum atomic E-state index is 5.88. The Kier molecular flexibility index (Phi) is 3.79. The molecule has 1 atom stereocenters. The normalized spacial score (nSPS) is 11.9. The second kappa shape index (κ2) is 5.51. The number of benzene rings is 1. The molecule has 0 saturated carbocycles. The van der Waals surface area contributed by atoms with Crippen LogP contribution < -0.4 is 15.2 Å². The van der Waals surface area contributed by atoms with E-state index in [2.05, 4.69) is 4.98 Å². The summed E-state index contributed by atoms with van der Waals surface area (Å²) in [6, 6.07) is 11.0. The average Bonchev–Trinajstić information content (AvgIpc) is 2.39. The van der Waals surface area contributed by atoms with Crippen LogP contribution in [0.2, 0.25) is 0 Å². The second-order valence-electron chi connectivity index (χ2n) is 3.97. The third-order valence-corrected chi connectivity index (χ3v) is 2.55. The van der Waals surface area contributed by atoms with E-state index in [-0.39, 0.29) is 6.04 Å². The van der Waals surface area contributed by atoms with Crippen LogP contribution in [0.15, 0.2) is 42.6 Å². The zero-order valence-electron chi connectivity index (χ0n) is 10.5. The van der Waals surface area contributed by atoms with Crippen molar-refractivity contribution in [2.75, 3.05) is 7.11 Å². The smallest absolute Gasteiger partial charge is 0.223 e. The third-order valence-electron chi connectivity index (χ3n) is 2.55. The van der Waals surface area contributed by atoms with Gasteiger partial charge in [0.2, 0.25) is 5.88 Å². The van der Waals surface area contributed by atoms with Crippen molar-refractivity contribution >= 4 is 0 Å². The minimum Gasteiger partial charge on any atom is -0.497 e. The summed E-state index contributed by atoms with van der Waals surface area (Å²) in [6.07, 6.45) is 1.68. The van der Waals surface area contributed by atoms with Gasteiger partial charge in [0.05, 0.1) is 7.11 Å². The summed E-state index contributed by atoms with van der Waals surface area (Å²) in [5.41, 5.74) is 6.75. The van der Waals surface area contributed by atoms with Gasteiger partial charge in [-0.15, -0.1) is 0 Å². The van der Waals surface area contributed by atoms with Gasteiger partial charge >= 0.3 is 0 Å². The SMILES string of the molecule is COc1cccc(Oc2ncccc2[C@@H](C)N)c1. The van der Waals surface area contributed by atoms with E-state index < -0.39 is 0 Å². The molecule has 0 amide bonds. The summed E-state index contributed by atoms with van der Waals surface area (Å²) in [5.74, 6) is 1.95. The van der Waals surface area contributed by atoms with Gasteiger partial charge in [-0.1, -0.05) is 12.1 Å². The molecule has 1 aromatic heterocycles. The molecule has 1 heterocycles. The van der Waals surface area contributed by atoms with Gasteiger partial charge in [-0.3, -0.25) is 0 Å². The van der Waals surface area contributed by atoms with Gasteiger partial charge in [-0.25, -0.2) is 4.98 Å². The van der Waals surface area contributed by atoms with Crippen LogP contribution in [0, 0.1) is 0 Å². The molecule has 0 fully saturated rings. The molecule has 2 N–H and O–H groups in total. The lowest BCUT2D eigenvalue weighted by molar-refractivity contribution is 0.406. The first-order valence-electron chi connectivity index (χ1n) is 5.73. The number of nitrogens with two attached hydrogens (primary N) is 1. The monoisotopic (exact) mass is 244 g/mol. The largest absolute Gasteiger partial charge is 0.497 e. The van der Waals surface area contributed by atoms with Gasteiger partial charge in [0.25, 0.3) is 0 Å². The Balaban J connectivity index is 2.28. The summed E-state index contributed by atoms with van der Waals surface area (Å²) >= 11 is 0. The highest BCUT2D eigenvalue weighted by Crippen LogP contribution is 2.28. The molecule has 1 aromatic carbocycles. The topological polar surface area (TPSA) is 57.4 Å². The number of ether oxygens (including phenoxy) is 2. The van der Waals surface area contributed by atoms with Crippen molar-refractivity contribution in [1.82, 2.24) is 4.98 Å². The molecule has 0 spiro atoms. The van der Waals surface area contributed by atoms with E-state index in [1.807, 2.05) is 37.3 Å². The van der Waals surface area contributed by atoms with E-state index in [0.29, 0.717) is 11.6 Å².